The van der Waals surface area contributed by atoms with Crippen molar-refractivity contribution < 1.29 is 9.59 Å². The van der Waals surface area contributed by atoms with Crippen molar-refractivity contribution in [3.8, 4) is 0 Å². The Morgan fingerprint density at radius 1 is 1.16 bits per heavy atom. The summed E-state index contributed by atoms with van der Waals surface area (Å²) in [6.45, 7) is 6.88. The van der Waals surface area contributed by atoms with Gasteiger partial charge in [0.05, 0.1) is 5.88 Å². The molecule has 0 radical (unpaired) electrons. The number of nitrogens with two attached hydrogens (primary N) is 1. The first-order valence-corrected chi connectivity index (χ1v) is 9.92. The van der Waals surface area contributed by atoms with Crippen LogP contribution in [0.5, 0.6) is 0 Å². The van der Waals surface area contributed by atoms with E-state index in [1.165, 1.54) is 5.56 Å². The van der Waals surface area contributed by atoms with Crippen LogP contribution in [0.2, 0.25) is 0 Å². The van der Waals surface area contributed by atoms with Crippen LogP contribution in [0.3, 0.4) is 0 Å². The van der Waals surface area contributed by atoms with Crippen molar-refractivity contribution in [1.29, 1.82) is 0 Å². The molecule has 0 spiro atoms. The molecule has 25 heavy (non-hydrogen) atoms. The maximum absolute atomic E-state index is 13.1. The molecule has 3 atom stereocenters. The van der Waals surface area contributed by atoms with E-state index in [1.807, 2.05) is 43.9 Å². The molecule has 0 aromatic heterocycles. The summed E-state index contributed by atoms with van der Waals surface area (Å²) >= 11 is 1.65. The van der Waals surface area contributed by atoms with Crippen LogP contribution in [0.15, 0.2) is 30.3 Å². The third-order valence-electron chi connectivity index (χ3n) is 4.97. The summed E-state index contributed by atoms with van der Waals surface area (Å²) in [5, 5.41) is 0. The first kappa shape index (κ1) is 18.3. The maximum atomic E-state index is 13.1. The van der Waals surface area contributed by atoms with Crippen LogP contribution in [0, 0.1) is 5.41 Å². The number of carbonyl (C=O) groups is 2. The van der Waals surface area contributed by atoms with E-state index in [-0.39, 0.29) is 29.8 Å². The lowest BCUT2D eigenvalue weighted by molar-refractivity contribution is -0.147. The highest BCUT2D eigenvalue weighted by Gasteiger charge is 2.43. The van der Waals surface area contributed by atoms with Crippen molar-refractivity contribution in [2.45, 2.75) is 38.8 Å². The van der Waals surface area contributed by atoms with E-state index in [9.17, 15) is 9.59 Å². The van der Waals surface area contributed by atoms with Crippen LogP contribution >= 0.6 is 11.8 Å². The van der Waals surface area contributed by atoms with E-state index in [2.05, 4.69) is 12.1 Å². The fourth-order valence-corrected chi connectivity index (χ4v) is 4.70. The third kappa shape index (κ3) is 3.70. The number of thioether (sulfide) groups is 1. The SMILES string of the molecule is CC(C)(C)C(=O)N1CSCC1C(=O)N1C[C@@H](N)[C@H](c2ccccc2)C1. The second-order valence-corrected chi connectivity index (χ2v) is 8.96. The Morgan fingerprint density at radius 2 is 1.84 bits per heavy atom. The van der Waals surface area contributed by atoms with Crippen molar-refractivity contribution in [2.75, 3.05) is 24.7 Å². The zero-order valence-electron chi connectivity index (χ0n) is 15.1. The molecular formula is C19H27N3O2S. The smallest absolute Gasteiger partial charge is 0.246 e. The minimum atomic E-state index is -0.475. The Kier molecular flexibility index (Phi) is 5.11. The predicted molar refractivity (Wildman–Crippen MR) is 101 cm³/mol. The topological polar surface area (TPSA) is 66.6 Å². The number of rotatable bonds is 2. The van der Waals surface area contributed by atoms with E-state index in [0.717, 1.165) is 0 Å². The van der Waals surface area contributed by atoms with Gasteiger partial charge in [0.1, 0.15) is 6.04 Å². The Morgan fingerprint density at radius 3 is 2.48 bits per heavy atom. The summed E-state index contributed by atoms with van der Waals surface area (Å²) in [6, 6.07) is 9.70. The molecule has 2 N–H and O–H groups in total. The van der Waals surface area contributed by atoms with Crippen molar-refractivity contribution >= 4 is 23.6 Å². The molecule has 0 bridgehead atoms. The molecule has 136 valence electrons. The Balaban J connectivity index is 1.72. The molecule has 6 heteroatoms. The second-order valence-electron chi connectivity index (χ2n) is 7.96. The highest BCUT2D eigenvalue weighted by molar-refractivity contribution is 7.99. The largest absolute Gasteiger partial charge is 0.339 e. The standard InChI is InChI=1S/C19H27N3O2S/c1-19(2,3)18(24)22-12-25-11-16(22)17(23)21-9-14(15(20)10-21)13-7-5-4-6-8-13/h4-8,14-16H,9-12,20H2,1-3H3/t14-,15+,16?/m0/s1. The number of hydrogen-bond acceptors (Lipinski definition) is 4. The molecule has 1 unspecified atom stereocenters. The fraction of sp³-hybridized carbons (Fsp3) is 0.579. The number of carbonyl (C=O) groups excluding carboxylic acids is 2. The molecule has 5 nitrogen and oxygen atoms in total. The van der Waals surface area contributed by atoms with Crippen LogP contribution < -0.4 is 5.73 Å². The summed E-state index contributed by atoms with van der Waals surface area (Å²) in [6.07, 6.45) is 0. The van der Waals surface area contributed by atoms with Gasteiger partial charge in [-0.2, -0.15) is 0 Å². The maximum Gasteiger partial charge on any atom is 0.246 e. The lowest BCUT2D eigenvalue weighted by atomic mass is 9.94. The highest BCUT2D eigenvalue weighted by atomic mass is 32.2. The lowest BCUT2D eigenvalue weighted by Crippen LogP contribution is -2.51. The number of amides is 2. The van der Waals surface area contributed by atoms with Crippen molar-refractivity contribution in [1.82, 2.24) is 9.80 Å². The molecule has 2 aliphatic rings. The molecule has 3 rings (SSSR count). The van der Waals surface area contributed by atoms with Gasteiger partial charge in [-0.15, -0.1) is 11.8 Å². The average Bonchev–Trinajstić information content (AvgIpc) is 3.20. The van der Waals surface area contributed by atoms with E-state index in [4.69, 9.17) is 5.73 Å². The van der Waals surface area contributed by atoms with Gasteiger partial charge in [0.15, 0.2) is 0 Å². The number of likely N-dealkylation sites (tertiary alicyclic amines) is 1. The van der Waals surface area contributed by atoms with E-state index < -0.39 is 5.41 Å². The van der Waals surface area contributed by atoms with Crippen LogP contribution in [-0.2, 0) is 9.59 Å². The quantitative estimate of drug-likeness (QED) is 0.873. The van der Waals surface area contributed by atoms with Gasteiger partial charge >= 0.3 is 0 Å². The molecule has 1 aromatic rings. The van der Waals surface area contributed by atoms with Crippen LogP contribution in [0.1, 0.15) is 32.3 Å². The van der Waals surface area contributed by atoms with Crippen LogP contribution in [0.25, 0.3) is 0 Å². The van der Waals surface area contributed by atoms with Gasteiger partial charge in [-0.1, -0.05) is 51.1 Å². The van der Waals surface area contributed by atoms with E-state index in [1.54, 1.807) is 16.7 Å². The minimum Gasteiger partial charge on any atom is -0.339 e. The fourth-order valence-electron chi connectivity index (χ4n) is 3.55. The number of benzene rings is 1. The van der Waals surface area contributed by atoms with Gasteiger partial charge in [0.2, 0.25) is 11.8 Å². The van der Waals surface area contributed by atoms with Gasteiger partial charge in [0, 0.05) is 36.2 Å². The predicted octanol–water partition coefficient (Wildman–Crippen LogP) is 1.89. The molecule has 2 amide bonds. The van der Waals surface area contributed by atoms with Gasteiger partial charge < -0.3 is 15.5 Å². The first-order valence-electron chi connectivity index (χ1n) is 8.77. The third-order valence-corrected chi connectivity index (χ3v) is 5.99. The first-order chi connectivity index (χ1) is 11.8. The molecular weight excluding hydrogens is 334 g/mol. The van der Waals surface area contributed by atoms with Gasteiger partial charge in [-0.25, -0.2) is 0 Å². The zero-order chi connectivity index (χ0) is 18.2. The number of nitrogens with zero attached hydrogens (tertiary/aromatic N) is 2. The van der Waals surface area contributed by atoms with Gasteiger partial charge in [-0.05, 0) is 5.56 Å². The zero-order valence-corrected chi connectivity index (χ0v) is 16.0. The van der Waals surface area contributed by atoms with Crippen LogP contribution in [-0.4, -0.2) is 58.4 Å². The van der Waals surface area contributed by atoms with Gasteiger partial charge in [0.25, 0.3) is 0 Å². The monoisotopic (exact) mass is 361 g/mol. The Bertz CT molecular complexity index is 644. The Labute approximate surface area is 153 Å². The molecule has 2 aliphatic heterocycles. The molecule has 2 heterocycles. The summed E-state index contributed by atoms with van der Waals surface area (Å²) in [4.78, 5) is 29.3. The van der Waals surface area contributed by atoms with E-state index in [0.29, 0.717) is 24.7 Å². The van der Waals surface area contributed by atoms with Crippen molar-refractivity contribution in [2.24, 2.45) is 11.1 Å². The highest BCUT2D eigenvalue weighted by Crippen LogP contribution is 2.31. The molecule has 0 saturated carbocycles. The normalized spacial score (nSPS) is 27.0. The lowest BCUT2D eigenvalue weighted by Gasteiger charge is -2.31. The second kappa shape index (κ2) is 7.00. The molecule has 0 aliphatic carbocycles. The van der Waals surface area contributed by atoms with Crippen LogP contribution in [0.4, 0.5) is 0 Å². The van der Waals surface area contributed by atoms with Crippen molar-refractivity contribution in [3.63, 3.8) is 0 Å². The summed E-state index contributed by atoms with van der Waals surface area (Å²) in [7, 11) is 0. The Hall–Kier alpha value is -1.53. The molecule has 2 fully saturated rings. The number of hydrogen-bond donors (Lipinski definition) is 1. The molecule has 1 aromatic carbocycles. The van der Waals surface area contributed by atoms with Gasteiger partial charge in [-0.3, -0.25) is 9.59 Å². The van der Waals surface area contributed by atoms with Crippen molar-refractivity contribution in [3.05, 3.63) is 35.9 Å². The average molecular weight is 362 g/mol. The summed E-state index contributed by atoms with van der Waals surface area (Å²) in [5.41, 5.74) is 7.02. The minimum absolute atomic E-state index is 0.0384. The van der Waals surface area contributed by atoms with E-state index >= 15 is 0 Å². The molecule has 2 saturated heterocycles. The summed E-state index contributed by atoms with van der Waals surface area (Å²) in [5.74, 6) is 1.50. The summed E-state index contributed by atoms with van der Waals surface area (Å²) < 4.78 is 0.